The van der Waals surface area contributed by atoms with Crippen molar-refractivity contribution in [3.63, 3.8) is 0 Å². The molecule has 29 heavy (non-hydrogen) atoms. The smallest absolute Gasteiger partial charge is 0.383 e. The summed E-state index contributed by atoms with van der Waals surface area (Å²) in [7, 11) is 0. The first-order valence-corrected chi connectivity index (χ1v) is 8.14. The van der Waals surface area contributed by atoms with Gasteiger partial charge in [-0.1, -0.05) is 23.2 Å². The minimum absolute atomic E-state index is 0.348. The summed E-state index contributed by atoms with van der Waals surface area (Å²) >= 11 is 11.5. The maximum atomic E-state index is 13.8. The van der Waals surface area contributed by atoms with Crippen LogP contribution in [0.2, 0.25) is 10.0 Å². The van der Waals surface area contributed by atoms with Crippen LogP contribution in [0.1, 0.15) is 23.2 Å². The van der Waals surface area contributed by atoms with E-state index >= 15 is 0 Å². The zero-order valence-corrected chi connectivity index (χ0v) is 15.1. The molecule has 4 nitrogen and oxygen atoms in total. The van der Waals surface area contributed by atoms with Crippen molar-refractivity contribution in [1.29, 1.82) is 5.26 Å². The van der Waals surface area contributed by atoms with Crippen LogP contribution < -0.4 is 5.73 Å². The van der Waals surface area contributed by atoms with Crippen molar-refractivity contribution in [1.82, 2.24) is 9.78 Å². The Hall–Kier alpha value is -2.26. The molecule has 0 amide bonds. The number of aromatic nitrogens is 2. The highest BCUT2D eigenvalue weighted by molar-refractivity contribution is 6.38. The molecule has 0 bridgehead atoms. The Morgan fingerprint density at radius 3 is 1.93 bits per heavy atom. The highest BCUT2D eigenvalue weighted by Gasteiger charge is 2.86. The lowest BCUT2D eigenvalue weighted by Gasteiger charge is -2.20. The number of alkyl halides is 8. The molecule has 1 saturated carbocycles. The van der Waals surface area contributed by atoms with E-state index in [9.17, 15) is 35.1 Å². The maximum absolute atomic E-state index is 13.8. The van der Waals surface area contributed by atoms with Gasteiger partial charge in [0.15, 0.2) is 11.1 Å². The average molecular weight is 465 g/mol. The van der Waals surface area contributed by atoms with Gasteiger partial charge in [-0.15, -0.1) is 0 Å². The molecule has 0 spiro atoms. The zero-order valence-electron chi connectivity index (χ0n) is 13.6. The van der Waals surface area contributed by atoms with Crippen molar-refractivity contribution in [3.8, 4) is 11.8 Å². The number of nitrogens with two attached hydrogens (primary N) is 1. The van der Waals surface area contributed by atoms with Crippen molar-refractivity contribution in [2.24, 2.45) is 0 Å². The van der Waals surface area contributed by atoms with E-state index in [1.807, 2.05) is 0 Å². The summed E-state index contributed by atoms with van der Waals surface area (Å²) in [6.45, 7) is 0. The summed E-state index contributed by atoms with van der Waals surface area (Å²) in [5.74, 6) is -5.30. The van der Waals surface area contributed by atoms with E-state index in [4.69, 9.17) is 34.2 Å². The quantitative estimate of drug-likeness (QED) is 0.597. The largest absolute Gasteiger partial charge is 0.416 e. The fraction of sp³-hybridized carbons (Fsp3) is 0.333. The first-order chi connectivity index (χ1) is 13.1. The zero-order chi connectivity index (χ0) is 22.2. The van der Waals surface area contributed by atoms with Gasteiger partial charge in [0.2, 0.25) is 0 Å². The molecule has 2 N–H and O–H groups in total. The Kier molecular flexibility index (Phi) is 4.53. The predicted octanol–water partition coefficient (Wildman–Crippen LogP) is 5.49. The van der Waals surface area contributed by atoms with Crippen LogP contribution in [0.3, 0.4) is 0 Å². The number of rotatable bonds is 2. The van der Waals surface area contributed by atoms with Crippen LogP contribution in [0.15, 0.2) is 12.1 Å². The number of nitriles is 1. The van der Waals surface area contributed by atoms with Gasteiger partial charge in [-0.3, -0.25) is 0 Å². The molecule has 1 aromatic carbocycles. The van der Waals surface area contributed by atoms with Crippen molar-refractivity contribution in [2.45, 2.75) is 30.1 Å². The van der Waals surface area contributed by atoms with Crippen LogP contribution in [0, 0.1) is 11.3 Å². The van der Waals surface area contributed by atoms with E-state index in [0.717, 1.165) is 0 Å². The second-order valence-electron chi connectivity index (χ2n) is 6.20. The van der Waals surface area contributed by atoms with Gasteiger partial charge in [-0.25, -0.2) is 13.5 Å². The SMILES string of the molecule is N#Cc1nn(-c2c(Cl)cc(C(F)(F)F)cc2Cl)c(N)c1C1(C(F)(F)F)CC1(F)F. The van der Waals surface area contributed by atoms with Crippen molar-refractivity contribution in [3.05, 3.63) is 39.0 Å². The monoisotopic (exact) mass is 464 g/mol. The Morgan fingerprint density at radius 2 is 1.59 bits per heavy atom. The third kappa shape index (κ3) is 2.98. The summed E-state index contributed by atoms with van der Waals surface area (Å²) in [6, 6.07) is 2.05. The van der Waals surface area contributed by atoms with Crippen LogP contribution in [0.4, 0.5) is 40.9 Å². The standard InChI is InChI=1S/C15H6Cl2F8N4/c16-6-1-5(14(20,21)22)2-7(17)10(6)29-11(27)9(8(3-26)28-29)12(15(23,24)25)4-13(12,18)19/h1-2H,4,27H2. The molecule has 2 aromatic rings. The third-order valence-electron chi connectivity index (χ3n) is 4.48. The molecule has 1 aliphatic rings. The first-order valence-electron chi connectivity index (χ1n) is 7.38. The topological polar surface area (TPSA) is 67.6 Å². The summed E-state index contributed by atoms with van der Waals surface area (Å²) in [5, 5.41) is 11.1. The number of halogens is 10. The lowest BCUT2D eigenvalue weighted by atomic mass is 9.94. The van der Waals surface area contributed by atoms with Gasteiger partial charge >= 0.3 is 12.4 Å². The predicted molar refractivity (Wildman–Crippen MR) is 85.0 cm³/mol. The summed E-state index contributed by atoms with van der Waals surface area (Å²) in [6.07, 6.45) is -12.0. The minimum atomic E-state index is -5.49. The maximum Gasteiger partial charge on any atom is 0.416 e. The first kappa shape index (κ1) is 21.4. The fourth-order valence-electron chi connectivity index (χ4n) is 3.04. The number of nitrogen functional groups attached to an aromatic ring is 1. The molecule has 1 aliphatic carbocycles. The second-order valence-corrected chi connectivity index (χ2v) is 7.02. The molecule has 1 heterocycles. The molecular weight excluding hydrogens is 459 g/mol. The normalized spacial score (nSPS) is 21.1. The van der Waals surface area contributed by atoms with E-state index < -0.39 is 68.5 Å². The van der Waals surface area contributed by atoms with E-state index in [2.05, 4.69) is 5.10 Å². The lowest BCUT2D eigenvalue weighted by molar-refractivity contribution is -0.182. The van der Waals surface area contributed by atoms with Crippen LogP contribution in [0.5, 0.6) is 0 Å². The van der Waals surface area contributed by atoms with Gasteiger partial charge in [0, 0.05) is 6.42 Å². The number of benzene rings is 1. The van der Waals surface area contributed by atoms with Crippen LogP contribution in [-0.4, -0.2) is 21.9 Å². The van der Waals surface area contributed by atoms with Crippen LogP contribution >= 0.6 is 23.2 Å². The summed E-state index contributed by atoms with van der Waals surface area (Å²) in [4.78, 5) is 0. The van der Waals surface area contributed by atoms with E-state index in [0.29, 0.717) is 16.8 Å². The lowest BCUT2D eigenvalue weighted by Crippen LogP contribution is -2.35. The Balaban J connectivity index is 2.28. The summed E-state index contributed by atoms with van der Waals surface area (Å²) in [5.41, 5.74) is -2.39. The third-order valence-corrected chi connectivity index (χ3v) is 5.06. The van der Waals surface area contributed by atoms with Crippen LogP contribution in [-0.2, 0) is 11.6 Å². The van der Waals surface area contributed by atoms with Gasteiger partial charge in [0.1, 0.15) is 17.6 Å². The number of hydrogen-bond donors (Lipinski definition) is 1. The van der Waals surface area contributed by atoms with E-state index in [1.165, 1.54) is 6.07 Å². The molecule has 0 saturated heterocycles. The van der Waals surface area contributed by atoms with E-state index in [-0.39, 0.29) is 0 Å². The second kappa shape index (κ2) is 6.12. The van der Waals surface area contributed by atoms with E-state index in [1.54, 1.807) is 0 Å². The van der Waals surface area contributed by atoms with Crippen molar-refractivity contribution >= 4 is 29.0 Å². The Bertz CT molecular complexity index is 1030. The molecule has 1 atom stereocenters. The molecule has 1 aromatic heterocycles. The minimum Gasteiger partial charge on any atom is -0.383 e. The van der Waals surface area contributed by atoms with Crippen LogP contribution in [0.25, 0.3) is 5.69 Å². The number of hydrogen-bond acceptors (Lipinski definition) is 3. The molecule has 14 heteroatoms. The number of anilines is 1. The van der Waals surface area contributed by atoms with Crippen molar-refractivity contribution in [2.75, 3.05) is 5.73 Å². The molecule has 0 aliphatic heterocycles. The number of nitrogens with zero attached hydrogens (tertiary/aromatic N) is 3. The van der Waals surface area contributed by atoms with Gasteiger partial charge < -0.3 is 5.73 Å². The highest BCUT2D eigenvalue weighted by Crippen LogP contribution is 2.70. The fourth-order valence-corrected chi connectivity index (χ4v) is 3.69. The Morgan fingerprint density at radius 1 is 1.10 bits per heavy atom. The molecule has 1 fully saturated rings. The molecule has 1 unspecified atom stereocenters. The Labute approximate surface area is 166 Å². The van der Waals surface area contributed by atoms with Gasteiger partial charge in [0.05, 0.1) is 21.2 Å². The van der Waals surface area contributed by atoms with Crippen molar-refractivity contribution < 1.29 is 35.1 Å². The van der Waals surface area contributed by atoms with Gasteiger partial charge in [0.25, 0.3) is 5.92 Å². The highest BCUT2D eigenvalue weighted by atomic mass is 35.5. The molecular formula is C15H6Cl2F8N4. The molecule has 3 rings (SSSR count). The van der Waals surface area contributed by atoms with Gasteiger partial charge in [-0.2, -0.15) is 36.7 Å². The molecule has 0 radical (unpaired) electrons. The molecule has 156 valence electrons. The van der Waals surface area contributed by atoms with Gasteiger partial charge in [-0.05, 0) is 12.1 Å². The summed E-state index contributed by atoms with van der Waals surface area (Å²) < 4.78 is 107. The average Bonchev–Trinajstić information content (AvgIpc) is 2.99.